The first-order chi connectivity index (χ1) is 8.26. The van der Waals surface area contributed by atoms with Gasteiger partial charge in [0.1, 0.15) is 0 Å². The van der Waals surface area contributed by atoms with Gasteiger partial charge in [-0.05, 0) is 53.3 Å². The zero-order valence-corrected chi connectivity index (χ0v) is 13.7. The summed E-state index contributed by atoms with van der Waals surface area (Å²) in [6.07, 6.45) is 5.73. The molecule has 0 aromatic rings. The summed E-state index contributed by atoms with van der Waals surface area (Å²) in [6.45, 7) is 17.5. The minimum absolute atomic E-state index is 0.523. The Morgan fingerprint density at radius 1 is 1.06 bits per heavy atom. The van der Waals surface area contributed by atoms with Crippen LogP contribution < -0.4 is 0 Å². The predicted octanol–water partition coefficient (Wildman–Crippen LogP) is 5.77. The van der Waals surface area contributed by atoms with Crippen LogP contribution in [0.25, 0.3) is 0 Å². The zero-order valence-electron chi connectivity index (χ0n) is 13.7. The van der Waals surface area contributed by atoms with Crippen molar-refractivity contribution in [2.45, 2.75) is 74.1 Å². The van der Waals surface area contributed by atoms with Gasteiger partial charge in [-0.3, -0.25) is 0 Å². The van der Waals surface area contributed by atoms with E-state index >= 15 is 0 Å². The van der Waals surface area contributed by atoms with Crippen LogP contribution in [0.2, 0.25) is 0 Å². The van der Waals surface area contributed by atoms with E-state index in [1.165, 1.54) is 25.7 Å². The van der Waals surface area contributed by atoms with Gasteiger partial charge in [-0.1, -0.05) is 61.3 Å². The molecule has 0 N–H and O–H groups in total. The lowest BCUT2D eigenvalue weighted by molar-refractivity contribution is 0.0551. The van der Waals surface area contributed by atoms with Crippen LogP contribution in [-0.4, -0.2) is 0 Å². The van der Waals surface area contributed by atoms with Crippen LogP contribution in [0.4, 0.5) is 0 Å². The number of fused-ring (bicyclic) bond motifs is 1. The van der Waals surface area contributed by atoms with Gasteiger partial charge in [-0.2, -0.15) is 0 Å². The first-order valence-electron chi connectivity index (χ1n) is 8.26. The molecular formula is C18H34. The van der Waals surface area contributed by atoms with Gasteiger partial charge < -0.3 is 0 Å². The molecule has 2 aliphatic carbocycles. The lowest BCUT2D eigenvalue weighted by Gasteiger charge is -2.43. The quantitative estimate of drug-likeness (QED) is 0.596. The monoisotopic (exact) mass is 250 g/mol. The van der Waals surface area contributed by atoms with Gasteiger partial charge in [0.15, 0.2) is 0 Å². The van der Waals surface area contributed by atoms with E-state index in [1.54, 1.807) is 0 Å². The van der Waals surface area contributed by atoms with Crippen molar-refractivity contribution in [3.05, 3.63) is 0 Å². The topological polar surface area (TPSA) is 0 Å². The molecule has 2 saturated carbocycles. The van der Waals surface area contributed by atoms with Crippen molar-refractivity contribution in [2.24, 2.45) is 40.4 Å². The molecule has 4 atom stereocenters. The third-order valence-electron chi connectivity index (χ3n) is 7.28. The summed E-state index contributed by atoms with van der Waals surface area (Å²) in [4.78, 5) is 0. The molecule has 2 aliphatic rings. The van der Waals surface area contributed by atoms with Gasteiger partial charge >= 0.3 is 0 Å². The Balaban J connectivity index is 2.32. The van der Waals surface area contributed by atoms with Gasteiger partial charge in [-0.25, -0.2) is 0 Å². The van der Waals surface area contributed by atoms with E-state index in [0.29, 0.717) is 10.8 Å². The maximum absolute atomic E-state index is 2.56. The second-order valence-electron chi connectivity index (χ2n) is 8.45. The fourth-order valence-electron chi connectivity index (χ4n) is 5.50. The summed E-state index contributed by atoms with van der Waals surface area (Å²) in [6, 6.07) is 0. The number of hydrogen-bond acceptors (Lipinski definition) is 0. The van der Waals surface area contributed by atoms with Crippen LogP contribution in [0.3, 0.4) is 0 Å². The third-order valence-corrected chi connectivity index (χ3v) is 7.28. The molecule has 18 heavy (non-hydrogen) atoms. The van der Waals surface area contributed by atoms with Crippen molar-refractivity contribution in [1.82, 2.24) is 0 Å². The maximum atomic E-state index is 2.56. The third kappa shape index (κ3) is 1.86. The molecule has 0 amide bonds. The molecule has 0 aromatic carbocycles. The highest BCUT2D eigenvalue weighted by Crippen LogP contribution is 2.67. The van der Waals surface area contributed by atoms with E-state index in [9.17, 15) is 0 Å². The lowest BCUT2D eigenvalue weighted by Crippen LogP contribution is -2.36. The molecule has 0 nitrogen and oxygen atoms in total. The molecule has 0 aliphatic heterocycles. The Morgan fingerprint density at radius 2 is 1.61 bits per heavy atom. The van der Waals surface area contributed by atoms with Crippen LogP contribution >= 0.6 is 0 Å². The summed E-state index contributed by atoms with van der Waals surface area (Å²) in [5.41, 5.74) is 1.05. The summed E-state index contributed by atoms with van der Waals surface area (Å²) < 4.78 is 0. The SMILES string of the molecule is CCC(CC)C1CC(C)C2CC(C)(C)C(C)(C)C21. The predicted molar refractivity (Wildman–Crippen MR) is 80.5 cm³/mol. The van der Waals surface area contributed by atoms with Gasteiger partial charge in [0, 0.05) is 0 Å². The molecule has 2 fully saturated rings. The normalized spacial score (nSPS) is 41.3. The van der Waals surface area contributed by atoms with Crippen molar-refractivity contribution in [3.63, 3.8) is 0 Å². The van der Waals surface area contributed by atoms with Gasteiger partial charge in [0.2, 0.25) is 0 Å². The van der Waals surface area contributed by atoms with Crippen molar-refractivity contribution >= 4 is 0 Å². The highest BCUT2D eigenvalue weighted by Gasteiger charge is 2.60. The Labute approximate surface area is 115 Å². The van der Waals surface area contributed by atoms with E-state index in [1.807, 2.05) is 0 Å². The van der Waals surface area contributed by atoms with Gasteiger partial charge in [0.05, 0.1) is 0 Å². The Morgan fingerprint density at radius 3 is 2.11 bits per heavy atom. The van der Waals surface area contributed by atoms with Crippen molar-refractivity contribution in [3.8, 4) is 0 Å². The van der Waals surface area contributed by atoms with Gasteiger partial charge in [0.25, 0.3) is 0 Å². The number of rotatable bonds is 3. The molecule has 0 aromatic heterocycles. The standard InChI is InChI=1S/C18H34/c1-8-13(9-2)14-10-12(3)15-11-17(4,5)18(6,7)16(14)15/h12-16H,8-11H2,1-7H3. The summed E-state index contributed by atoms with van der Waals surface area (Å²) in [5, 5.41) is 0. The van der Waals surface area contributed by atoms with E-state index in [0.717, 1.165) is 29.6 Å². The number of hydrogen-bond donors (Lipinski definition) is 0. The fourth-order valence-corrected chi connectivity index (χ4v) is 5.50. The molecule has 0 bridgehead atoms. The molecule has 106 valence electrons. The molecule has 0 saturated heterocycles. The van der Waals surface area contributed by atoms with E-state index < -0.39 is 0 Å². The van der Waals surface area contributed by atoms with Crippen LogP contribution in [0.5, 0.6) is 0 Å². The van der Waals surface area contributed by atoms with Crippen molar-refractivity contribution in [2.75, 3.05) is 0 Å². The Hall–Kier alpha value is 0. The fraction of sp³-hybridized carbons (Fsp3) is 1.00. The van der Waals surface area contributed by atoms with Crippen LogP contribution in [0, 0.1) is 40.4 Å². The summed E-state index contributed by atoms with van der Waals surface area (Å²) >= 11 is 0. The second kappa shape index (κ2) is 4.53. The van der Waals surface area contributed by atoms with Crippen LogP contribution in [-0.2, 0) is 0 Å². The van der Waals surface area contributed by atoms with E-state index in [4.69, 9.17) is 0 Å². The average molecular weight is 250 g/mol. The van der Waals surface area contributed by atoms with Crippen molar-refractivity contribution < 1.29 is 0 Å². The molecule has 0 heterocycles. The highest BCUT2D eigenvalue weighted by atomic mass is 14.7. The molecule has 2 rings (SSSR count). The highest BCUT2D eigenvalue weighted by molar-refractivity contribution is 5.09. The second-order valence-corrected chi connectivity index (χ2v) is 8.45. The first-order valence-corrected chi connectivity index (χ1v) is 8.26. The molecule has 4 unspecified atom stereocenters. The lowest BCUT2D eigenvalue weighted by atomic mass is 9.62. The molecule has 0 spiro atoms. The first kappa shape index (κ1) is 14.4. The minimum atomic E-state index is 0.523. The molecular weight excluding hydrogens is 216 g/mol. The minimum Gasteiger partial charge on any atom is -0.0651 e. The largest absolute Gasteiger partial charge is 0.0651 e. The molecule has 0 radical (unpaired) electrons. The van der Waals surface area contributed by atoms with E-state index in [-0.39, 0.29) is 0 Å². The van der Waals surface area contributed by atoms with E-state index in [2.05, 4.69) is 48.5 Å². The maximum Gasteiger partial charge on any atom is -0.0269 e. The smallest absolute Gasteiger partial charge is 0.0269 e. The Bertz CT molecular complexity index is 295. The average Bonchev–Trinajstić information content (AvgIpc) is 2.66. The van der Waals surface area contributed by atoms with Crippen LogP contribution in [0.1, 0.15) is 74.1 Å². The van der Waals surface area contributed by atoms with Crippen LogP contribution in [0.15, 0.2) is 0 Å². The molecule has 0 heteroatoms. The van der Waals surface area contributed by atoms with Gasteiger partial charge in [-0.15, -0.1) is 0 Å². The summed E-state index contributed by atoms with van der Waals surface area (Å²) in [5.74, 6) is 4.90. The Kier molecular flexibility index (Phi) is 3.63. The zero-order chi connectivity index (χ0) is 13.7. The summed E-state index contributed by atoms with van der Waals surface area (Å²) in [7, 11) is 0. The van der Waals surface area contributed by atoms with Crippen molar-refractivity contribution in [1.29, 1.82) is 0 Å².